The van der Waals surface area contributed by atoms with Crippen molar-refractivity contribution in [2.45, 2.75) is 0 Å². The van der Waals surface area contributed by atoms with Crippen molar-refractivity contribution in [2.75, 3.05) is 5.73 Å². The molecule has 0 bridgehead atoms. The molecule has 2 aromatic carbocycles. The first-order chi connectivity index (χ1) is 9.65. The topological polar surface area (TPSA) is 48.1 Å². The Morgan fingerprint density at radius 1 is 1.00 bits per heavy atom. The summed E-state index contributed by atoms with van der Waals surface area (Å²) in [4.78, 5) is 4.29. The number of halogens is 2. The molecule has 0 aliphatic heterocycles. The highest BCUT2D eigenvalue weighted by atomic mass is 79.9. The van der Waals surface area contributed by atoms with E-state index in [1.165, 1.54) is 0 Å². The van der Waals surface area contributed by atoms with Crippen molar-refractivity contribution in [1.29, 1.82) is 0 Å². The van der Waals surface area contributed by atoms with Crippen LogP contribution in [0.2, 0.25) is 5.02 Å². The van der Waals surface area contributed by atoms with Crippen LogP contribution in [0.4, 0.5) is 5.82 Å². The predicted molar refractivity (Wildman–Crippen MR) is 85.4 cm³/mol. The Kier molecular flexibility index (Phi) is 3.51. The Balaban J connectivity index is 2.11. The third-order valence-electron chi connectivity index (χ3n) is 2.87. The number of hydrogen-bond donors (Lipinski definition) is 1. The maximum atomic E-state index is 5.91. The zero-order valence-corrected chi connectivity index (χ0v) is 12.6. The van der Waals surface area contributed by atoms with E-state index in [0.717, 1.165) is 15.2 Å². The number of nitrogen functional groups attached to an aromatic ring is 1. The highest BCUT2D eigenvalue weighted by Crippen LogP contribution is 2.35. The first-order valence-electron chi connectivity index (χ1n) is 5.92. The second-order valence-corrected chi connectivity index (χ2v) is 5.45. The van der Waals surface area contributed by atoms with E-state index in [4.69, 9.17) is 22.1 Å². The molecule has 1 heterocycles. The summed E-state index contributed by atoms with van der Waals surface area (Å²) in [5.41, 5.74) is 5.91. The molecular weight excluding hydrogens is 340 g/mol. The van der Waals surface area contributed by atoms with Crippen LogP contribution in [0.15, 0.2) is 53.0 Å². The summed E-state index contributed by atoms with van der Waals surface area (Å²) >= 11 is 9.31. The molecule has 2 N–H and O–H groups in total. The van der Waals surface area contributed by atoms with E-state index in [2.05, 4.69) is 20.9 Å². The van der Waals surface area contributed by atoms with Gasteiger partial charge >= 0.3 is 0 Å². The molecule has 3 aromatic rings. The summed E-state index contributed by atoms with van der Waals surface area (Å²) in [7, 11) is 0. The van der Waals surface area contributed by atoms with E-state index in [1.807, 2.05) is 24.3 Å². The van der Waals surface area contributed by atoms with Crippen molar-refractivity contribution in [1.82, 2.24) is 4.98 Å². The molecule has 1 aromatic heterocycles. The summed E-state index contributed by atoms with van der Waals surface area (Å²) in [5, 5.41) is 2.51. The number of benzene rings is 2. The normalized spacial score (nSPS) is 10.7. The van der Waals surface area contributed by atoms with Gasteiger partial charge in [-0.05, 0) is 46.3 Å². The Morgan fingerprint density at radius 2 is 1.65 bits per heavy atom. The lowest BCUT2D eigenvalue weighted by atomic mass is 10.1. The molecule has 0 saturated heterocycles. The van der Waals surface area contributed by atoms with Gasteiger partial charge in [0, 0.05) is 15.8 Å². The van der Waals surface area contributed by atoms with Gasteiger partial charge in [-0.2, -0.15) is 4.98 Å². The highest BCUT2D eigenvalue weighted by Gasteiger charge is 2.11. The Bertz CT molecular complexity index is 775. The lowest BCUT2D eigenvalue weighted by molar-refractivity contribution is 0.470. The van der Waals surface area contributed by atoms with Crippen molar-refractivity contribution in [3.63, 3.8) is 0 Å². The number of ether oxygens (including phenoxy) is 1. The molecular formula is C15H10BrClN2O. The van der Waals surface area contributed by atoms with Gasteiger partial charge in [-0.3, -0.25) is 0 Å². The maximum absolute atomic E-state index is 5.91. The van der Waals surface area contributed by atoms with Gasteiger partial charge in [0.05, 0.1) is 4.47 Å². The van der Waals surface area contributed by atoms with Crippen molar-refractivity contribution in [3.8, 4) is 11.6 Å². The van der Waals surface area contributed by atoms with Crippen molar-refractivity contribution < 1.29 is 4.74 Å². The Hall–Kier alpha value is -1.78. The van der Waals surface area contributed by atoms with Gasteiger partial charge in [-0.1, -0.05) is 29.8 Å². The third kappa shape index (κ3) is 2.44. The van der Waals surface area contributed by atoms with Gasteiger partial charge in [0.25, 0.3) is 0 Å². The summed E-state index contributed by atoms with van der Waals surface area (Å²) in [6.07, 6.45) is 0. The minimum atomic E-state index is 0.396. The number of pyridine rings is 1. The van der Waals surface area contributed by atoms with Gasteiger partial charge in [-0.25, -0.2) is 0 Å². The fourth-order valence-electron chi connectivity index (χ4n) is 1.91. The van der Waals surface area contributed by atoms with Crippen LogP contribution in [0.5, 0.6) is 11.6 Å². The number of anilines is 1. The number of rotatable bonds is 2. The zero-order valence-electron chi connectivity index (χ0n) is 10.3. The molecule has 0 atom stereocenters. The van der Waals surface area contributed by atoms with Gasteiger partial charge in [0.1, 0.15) is 11.6 Å². The van der Waals surface area contributed by atoms with Crippen LogP contribution in [0, 0.1) is 0 Å². The van der Waals surface area contributed by atoms with E-state index in [1.54, 1.807) is 24.3 Å². The standard InChI is InChI=1S/C15H10BrClN2O/c16-13-11-3-1-2-4-12(11)15(19-14(13)18)20-10-7-5-9(17)6-8-10/h1-8H,(H2,18,19). The van der Waals surface area contributed by atoms with Crippen molar-refractivity contribution in [2.24, 2.45) is 0 Å². The summed E-state index contributed by atoms with van der Waals surface area (Å²) < 4.78 is 6.59. The third-order valence-corrected chi connectivity index (χ3v) is 3.95. The summed E-state index contributed by atoms with van der Waals surface area (Å²) in [5.74, 6) is 1.53. The van der Waals surface area contributed by atoms with Gasteiger partial charge in [0.15, 0.2) is 0 Å². The van der Waals surface area contributed by atoms with E-state index in [0.29, 0.717) is 22.5 Å². The summed E-state index contributed by atoms with van der Waals surface area (Å²) in [6.45, 7) is 0. The Morgan fingerprint density at radius 3 is 2.35 bits per heavy atom. The molecule has 3 rings (SSSR count). The first-order valence-corrected chi connectivity index (χ1v) is 7.09. The number of fused-ring (bicyclic) bond motifs is 1. The van der Waals surface area contributed by atoms with Crippen LogP contribution in [-0.2, 0) is 0 Å². The van der Waals surface area contributed by atoms with Gasteiger partial charge in [-0.15, -0.1) is 0 Å². The van der Waals surface area contributed by atoms with Crippen LogP contribution in [0.1, 0.15) is 0 Å². The number of nitrogens with two attached hydrogens (primary N) is 1. The second kappa shape index (κ2) is 5.31. The van der Waals surface area contributed by atoms with E-state index < -0.39 is 0 Å². The fourth-order valence-corrected chi connectivity index (χ4v) is 2.47. The van der Waals surface area contributed by atoms with Crippen molar-refractivity contribution in [3.05, 3.63) is 58.0 Å². The Labute approximate surface area is 129 Å². The largest absolute Gasteiger partial charge is 0.438 e. The minimum absolute atomic E-state index is 0.396. The molecule has 0 amide bonds. The predicted octanol–water partition coefficient (Wildman–Crippen LogP) is 5.03. The van der Waals surface area contributed by atoms with E-state index >= 15 is 0 Å². The molecule has 0 saturated carbocycles. The molecule has 0 radical (unpaired) electrons. The monoisotopic (exact) mass is 348 g/mol. The number of hydrogen-bond acceptors (Lipinski definition) is 3. The van der Waals surface area contributed by atoms with E-state index in [9.17, 15) is 0 Å². The molecule has 5 heteroatoms. The van der Waals surface area contributed by atoms with Gasteiger partial charge in [0.2, 0.25) is 5.88 Å². The average Bonchev–Trinajstić information content (AvgIpc) is 2.47. The number of nitrogens with zero attached hydrogens (tertiary/aromatic N) is 1. The highest BCUT2D eigenvalue weighted by molar-refractivity contribution is 9.10. The molecule has 3 nitrogen and oxygen atoms in total. The molecule has 0 spiro atoms. The van der Waals surface area contributed by atoms with Crippen LogP contribution in [0.3, 0.4) is 0 Å². The zero-order chi connectivity index (χ0) is 14.1. The second-order valence-electron chi connectivity index (χ2n) is 4.22. The van der Waals surface area contributed by atoms with Crippen LogP contribution < -0.4 is 10.5 Å². The van der Waals surface area contributed by atoms with Crippen molar-refractivity contribution >= 4 is 44.1 Å². The van der Waals surface area contributed by atoms with Crippen LogP contribution >= 0.6 is 27.5 Å². The van der Waals surface area contributed by atoms with Crippen LogP contribution in [-0.4, -0.2) is 4.98 Å². The lowest BCUT2D eigenvalue weighted by Crippen LogP contribution is -1.97. The lowest BCUT2D eigenvalue weighted by Gasteiger charge is -2.10. The number of aromatic nitrogens is 1. The SMILES string of the molecule is Nc1nc(Oc2ccc(Cl)cc2)c2ccccc2c1Br. The molecule has 0 fully saturated rings. The molecule has 20 heavy (non-hydrogen) atoms. The van der Waals surface area contributed by atoms with E-state index in [-0.39, 0.29) is 0 Å². The minimum Gasteiger partial charge on any atom is -0.438 e. The van der Waals surface area contributed by atoms with Gasteiger partial charge < -0.3 is 10.5 Å². The quantitative estimate of drug-likeness (QED) is 0.706. The molecule has 0 aliphatic carbocycles. The molecule has 100 valence electrons. The molecule has 0 unspecified atom stereocenters. The van der Waals surface area contributed by atoms with Crippen LogP contribution in [0.25, 0.3) is 10.8 Å². The fraction of sp³-hybridized carbons (Fsp3) is 0. The summed E-state index contributed by atoms with van der Waals surface area (Å²) in [6, 6.07) is 14.9. The first kappa shape index (κ1) is 13.2. The molecule has 0 aliphatic rings. The smallest absolute Gasteiger partial charge is 0.229 e. The maximum Gasteiger partial charge on any atom is 0.229 e. The average molecular weight is 350 g/mol.